The Morgan fingerprint density at radius 2 is 1.23 bits per heavy atom. The first-order chi connectivity index (χ1) is 30.7. The van der Waals surface area contributed by atoms with Crippen LogP contribution in [0.25, 0.3) is 100 Å². The van der Waals surface area contributed by atoms with Crippen molar-refractivity contribution in [3.05, 3.63) is 210 Å². The summed E-state index contributed by atoms with van der Waals surface area (Å²) in [7, 11) is 0. The summed E-state index contributed by atoms with van der Waals surface area (Å²) in [6.07, 6.45) is 19.9. The van der Waals surface area contributed by atoms with E-state index in [1.54, 1.807) is 0 Å². The summed E-state index contributed by atoms with van der Waals surface area (Å²) in [5.41, 5.74) is 13.7. The first-order valence-electron chi connectivity index (χ1n) is 21.4. The monoisotopic (exact) mass is 795 g/mol. The molecule has 0 fully saturated rings. The Morgan fingerprint density at radius 1 is 0.500 bits per heavy atom. The summed E-state index contributed by atoms with van der Waals surface area (Å²) in [5.74, 6) is 2.16. The maximum absolute atomic E-state index is 6.71. The summed E-state index contributed by atoms with van der Waals surface area (Å²) in [5, 5.41) is 6.92. The molecule has 0 bridgehead atoms. The Hall–Kier alpha value is -7.89. The maximum atomic E-state index is 6.71. The van der Waals surface area contributed by atoms with Gasteiger partial charge in [-0.3, -0.25) is 0 Å². The van der Waals surface area contributed by atoms with Crippen LogP contribution in [0.1, 0.15) is 34.9 Å². The van der Waals surface area contributed by atoms with Gasteiger partial charge < -0.3 is 8.83 Å². The van der Waals surface area contributed by atoms with E-state index in [2.05, 4.69) is 152 Å². The van der Waals surface area contributed by atoms with Crippen LogP contribution < -0.4 is 0 Å². The Morgan fingerprint density at radius 3 is 2.16 bits per heavy atom. The number of nitrogens with zero attached hydrogens (tertiary/aromatic N) is 3. The SMILES string of the molecule is C1=CC2C(=CC=CC2c2cccc3oc4cc(-c5cccc6oc7ccccc7c56)ccc4c23)C(c2nc(-c3ccccc3)nc(-c3cc4ccccc4c4c3CCC=C4)n2)=C1. The highest BCUT2D eigenvalue weighted by atomic mass is 16.3. The van der Waals surface area contributed by atoms with Crippen LogP contribution in [0, 0.1) is 5.92 Å². The van der Waals surface area contributed by atoms with Crippen molar-refractivity contribution in [3.8, 4) is 33.9 Å². The normalized spacial score (nSPS) is 16.9. The smallest absolute Gasteiger partial charge is 0.164 e. The van der Waals surface area contributed by atoms with Crippen molar-refractivity contribution in [3.63, 3.8) is 0 Å². The largest absolute Gasteiger partial charge is 0.456 e. The number of aromatic nitrogens is 3. The van der Waals surface area contributed by atoms with Crippen molar-refractivity contribution in [1.82, 2.24) is 15.0 Å². The number of allylic oxidation sites excluding steroid dienone is 9. The van der Waals surface area contributed by atoms with E-state index in [1.165, 1.54) is 33.0 Å². The molecule has 13 rings (SSSR count). The number of fused-ring (bicyclic) bond motifs is 10. The predicted octanol–water partition coefficient (Wildman–Crippen LogP) is 14.6. The van der Waals surface area contributed by atoms with E-state index < -0.39 is 0 Å². The second kappa shape index (κ2) is 13.8. The van der Waals surface area contributed by atoms with Crippen molar-refractivity contribution < 1.29 is 8.83 Å². The predicted molar refractivity (Wildman–Crippen MR) is 253 cm³/mol. The molecule has 10 aromatic rings. The fourth-order valence-electron chi connectivity index (χ4n) is 10.2. The van der Waals surface area contributed by atoms with Gasteiger partial charge in [-0.2, -0.15) is 0 Å². The first-order valence-corrected chi connectivity index (χ1v) is 21.4. The van der Waals surface area contributed by atoms with Crippen LogP contribution >= 0.6 is 0 Å². The summed E-state index contributed by atoms with van der Waals surface area (Å²) in [4.78, 5) is 15.8. The van der Waals surface area contributed by atoms with Crippen LogP contribution in [0.2, 0.25) is 0 Å². The van der Waals surface area contributed by atoms with Crippen molar-refractivity contribution >= 4 is 66.3 Å². The van der Waals surface area contributed by atoms with E-state index in [1.807, 2.05) is 36.4 Å². The molecule has 0 aliphatic heterocycles. The van der Waals surface area contributed by atoms with E-state index in [-0.39, 0.29) is 11.8 Å². The molecular weight excluding hydrogens is 759 g/mol. The quantitative estimate of drug-likeness (QED) is 0.174. The zero-order chi connectivity index (χ0) is 40.7. The third-order valence-electron chi connectivity index (χ3n) is 13.0. The van der Waals surface area contributed by atoms with Crippen molar-refractivity contribution in [2.24, 2.45) is 5.92 Å². The fourth-order valence-corrected chi connectivity index (χ4v) is 10.2. The summed E-state index contributed by atoms with van der Waals surface area (Å²) >= 11 is 0. The highest BCUT2D eigenvalue weighted by Gasteiger charge is 2.32. The van der Waals surface area contributed by atoms with Crippen LogP contribution in [0.4, 0.5) is 0 Å². The molecule has 0 N–H and O–H groups in total. The molecule has 3 aliphatic carbocycles. The molecule has 3 heterocycles. The van der Waals surface area contributed by atoms with Gasteiger partial charge in [-0.05, 0) is 93.4 Å². The van der Waals surface area contributed by atoms with Crippen molar-refractivity contribution in [2.75, 3.05) is 0 Å². The molecule has 0 radical (unpaired) electrons. The minimum atomic E-state index is 0.0550. The highest BCUT2D eigenvalue weighted by molar-refractivity contribution is 6.14. The van der Waals surface area contributed by atoms with Crippen LogP contribution in [-0.2, 0) is 6.42 Å². The van der Waals surface area contributed by atoms with Crippen LogP contribution in [0.3, 0.4) is 0 Å². The van der Waals surface area contributed by atoms with Gasteiger partial charge in [0.2, 0.25) is 0 Å². The van der Waals surface area contributed by atoms with E-state index in [9.17, 15) is 0 Å². The molecule has 0 spiro atoms. The van der Waals surface area contributed by atoms with Gasteiger partial charge in [0.1, 0.15) is 22.3 Å². The van der Waals surface area contributed by atoms with Crippen LogP contribution in [0.15, 0.2) is 196 Å². The van der Waals surface area contributed by atoms with E-state index >= 15 is 0 Å². The zero-order valence-corrected chi connectivity index (χ0v) is 33.6. The number of hydrogen-bond donors (Lipinski definition) is 0. The van der Waals surface area contributed by atoms with Gasteiger partial charge in [-0.15, -0.1) is 0 Å². The highest BCUT2D eigenvalue weighted by Crippen LogP contribution is 2.47. The number of para-hydroxylation sites is 1. The molecule has 2 atom stereocenters. The number of rotatable bonds is 5. The fraction of sp³-hybridized carbons (Fsp3) is 0.0702. The van der Waals surface area contributed by atoms with Crippen molar-refractivity contribution in [2.45, 2.75) is 18.8 Å². The lowest BCUT2D eigenvalue weighted by Crippen LogP contribution is -2.18. The van der Waals surface area contributed by atoms with E-state index in [0.29, 0.717) is 17.5 Å². The molecule has 0 saturated carbocycles. The van der Waals surface area contributed by atoms with Gasteiger partial charge in [0.25, 0.3) is 0 Å². The summed E-state index contributed by atoms with van der Waals surface area (Å²) in [6.45, 7) is 0. The lowest BCUT2D eigenvalue weighted by molar-refractivity contribution is 0.662. The Kier molecular flexibility index (Phi) is 7.79. The van der Waals surface area contributed by atoms with Crippen LogP contribution in [-0.4, -0.2) is 15.0 Å². The van der Waals surface area contributed by atoms with Crippen molar-refractivity contribution in [1.29, 1.82) is 0 Å². The second-order valence-corrected chi connectivity index (χ2v) is 16.5. The maximum Gasteiger partial charge on any atom is 0.164 e. The minimum Gasteiger partial charge on any atom is -0.456 e. The van der Waals surface area contributed by atoms with Gasteiger partial charge in [-0.25, -0.2) is 15.0 Å². The number of furan rings is 2. The molecule has 3 aromatic heterocycles. The molecule has 0 saturated heterocycles. The van der Waals surface area contributed by atoms with Gasteiger partial charge in [-0.1, -0.05) is 152 Å². The lowest BCUT2D eigenvalue weighted by Gasteiger charge is -2.31. The second-order valence-electron chi connectivity index (χ2n) is 16.5. The lowest BCUT2D eigenvalue weighted by atomic mass is 9.73. The Bertz CT molecular complexity index is 3650. The third-order valence-corrected chi connectivity index (χ3v) is 13.0. The van der Waals surface area contributed by atoms with Gasteiger partial charge in [0.15, 0.2) is 17.5 Å². The number of hydrogen-bond acceptors (Lipinski definition) is 5. The molecule has 7 aromatic carbocycles. The Labute approximate surface area is 357 Å². The molecule has 2 unspecified atom stereocenters. The average Bonchev–Trinajstić information content (AvgIpc) is 3.92. The molecule has 3 aliphatic rings. The molecule has 5 heteroatoms. The standard InChI is InChI=1S/C57H37N3O2/c1-2-14-34(15-3-1)55-58-56(60-57(59-55)48-32-35-16-4-5-17-37(35)39-18-6-7-19-43(39)48)45-26-11-22-40-41(23-10-24-42(40)45)44-25-13-29-51-54(44)47-31-30-36(33-52(47)62-51)38-21-12-28-50-53(38)46-20-8-9-27-49(46)61-50/h1-6,8-18,20-33,40-41H,7,19H2. The van der Waals surface area contributed by atoms with Crippen LogP contribution in [0.5, 0.6) is 0 Å². The topological polar surface area (TPSA) is 65.0 Å². The zero-order valence-electron chi connectivity index (χ0n) is 33.6. The first kappa shape index (κ1) is 34.9. The van der Waals surface area contributed by atoms with Gasteiger partial charge in [0.05, 0.1) is 0 Å². The average molecular weight is 796 g/mol. The molecule has 292 valence electrons. The molecule has 5 nitrogen and oxygen atoms in total. The van der Waals surface area contributed by atoms with Gasteiger partial charge in [0, 0.05) is 50.1 Å². The van der Waals surface area contributed by atoms with E-state index in [4.69, 9.17) is 23.8 Å². The van der Waals surface area contributed by atoms with Gasteiger partial charge >= 0.3 is 0 Å². The molecule has 0 amide bonds. The summed E-state index contributed by atoms with van der Waals surface area (Å²) < 4.78 is 12.9. The molecular formula is C57H37N3O2. The third kappa shape index (κ3) is 5.45. The molecule has 62 heavy (non-hydrogen) atoms. The Balaban J connectivity index is 0.913. The number of benzene rings is 7. The van der Waals surface area contributed by atoms with E-state index in [0.717, 1.165) is 84.5 Å². The minimum absolute atomic E-state index is 0.0550. The summed E-state index contributed by atoms with van der Waals surface area (Å²) in [6, 6.07) is 48.8.